The first-order valence-electron chi connectivity index (χ1n) is 8.04. The molecule has 5 heteroatoms. The van der Waals surface area contributed by atoms with Crippen LogP contribution in [0.4, 0.5) is 0 Å². The molecule has 0 aromatic carbocycles. The van der Waals surface area contributed by atoms with Gasteiger partial charge in [-0.15, -0.1) is 0 Å². The van der Waals surface area contributed by atoms with E-state index in [2.05, 4.69) is 11.8 Å². The van der Waals surface area contributed by atoms with Gasteiger partial charge in [-0.25, -0.2) is 0 Å². The van der Waals surface area contributed by atoms with Crippen LogP contribution in [0, 0.1) is 5.92 Å². The number of rotatable bonds is 3. The molecule has 3 heterocycles. The van der Waals surface area contributed by atoms with Crippen molar-refractivity contribution in [2.75, 3.05) is 46.1 Å². The maximum atomic E-state index is 6.54. The summed E-state index contributed by atoms with van der Waals surface area (Å²) in [6.45, 7) is 8.47. The first-order valence-corrected chi connectivity index (χ1v) is 8.04. The second-order valence-corrected chi connectivity index (χ2v) is 6.47. The lowest BCUT2D eigenvalue weighted by atomic mass is 9.79. The van der Waals surface area contributed by atoms with Crippen LogP contribution in [0.25, 0.3) is 0 Å². The summed E-state index contributed by atoms with van der Waals surface area (Å²) in [6.07, 6.45) is 3.27. The van der Waals surface area contributed by atoms with Crippen molar-refractivity contribution >= 4 is 0 Å². The molecule has 116 valence electrons. The van der Waals surface area contributed by atoms with E-state index in [-0.39, 0.29) is 17.7 Å². The molecular weight excluding hydrogens is 256 g/mol. The van der Waals surface area contributed by atoms with Crippen LogP contribution < -0.4 is 5.73 Å². The highest BCUT2D eigenvalue weighted by Gasteiger charge is 2.44. The number of nitrogens with two attached hydrogens (primary N) is 1. The Labute approximate surface area is 121 Å². The van der Waals surface area contributed by atoms with Gasteiger partial charge in [-0.2, -0.15) is 0 Å². The topological polar surface area (TPSA) is 57.0 Å². The van der Waals surface area contributed by atoms with Gasteiger partial charge in [0.05, 0.1) is 24.9 Å². The van der Waals surface area contributed by atoms with Crippen molar-refractivity contribution in [3.63, 3.8) is 0 Å². The van der Waals surface area contributed by atoms with E-state index in [1.165, 1.54) is 0 Å². The number of hydrogen-bond acceptors (Lipinski definition) is 5. The molecule has 0 aliphatic carbocycles. The summed E-state index contributed by atoms with van der Waals surface area (Å²) in [7, 11) is 0. The Morgan fingerprint density at radius 1 is 1.35 bits per heavy atom. The molecule has 3 aliphatic rings. The number of hydrogen-bond donors (Lipinski definition) is 1. The van der Waals surface area contributed by atoms with Crippen molar-refractivity contribution in [1.82, 2.24) is 4.90 Å². The predicted octanol–water partition coefficient (Wildman–Crippen LogP) is 0.620. The maximum Gasteiger partial charge on any atom is 0.0939 e. The van der Waals surface area contributed by atoms with E-state index in [1.807, 2.05) is 0 Å². The van der Waals surface area contributed by atoms with Crippen molar-refractivity contribution in [2.45, 2.75) is 43.9 Å². The van der Waals surface area contributed by atoms with E-state index >= 15 is 0 Å². The lowest BCUT2D eigenvalue weighted by molar-refractivity contribution is -0.116. The average Bonchev–Trinajstić information content (AvgIpc) is 2.94. The van der Waals surface area contributed by atoms with E-state index in [9.17, 15) is 0 Å². The van der Waals surface area contributed by atoms with Crippen molar-refractivity contribution in [3.05, 3.63) is 0 Å². The van der Waals surface area contributed by atoms with Crippen LogP contribution in [-0.2, 0) is 14.2 Å². The molecule has 3 saturated heterocycles. The van der Waals surface area contributed by atoms with E-state index in [0.717, 1.165) is 65.3 Å². The van der Waals surface area contributed by atoms with Gasteiger partial charge in [0, 0.05) is 38.8 Å². The molecule has 0 radical (unpaired) electrons. The maximum absolute atomic E-state index is 6.54. The van der Waals surface area contributed by atoms with Gasteiger partial charge in [-0.05, 0) is 25.3 Å². The molecule has 4 atom stereocenters. The molecule has 0 amide bonds. The summed E-state index contributed by atoms with van der Waals surface area (Å²) in [4.78, 5) is 2.43. The van der Waals surface area contributed by atoms with E-state index in [0.29, 0.717) is 5.92 Å². The molecule has 4 unspecified atom stereocenters. The van der Waals surface area contributed by atoms with Crippen LogP contribution in [0.5, 0.6) is 0 Å². The zero-order valence-electron chi connectivity index (χ0n) is 12.6. The van der Waals surface area contributed by atoms with Gasteiger partial charge in [0.2, 0.25) is 0 Å². The summed E-state index contributed by atoms with van der Waals surface area (Å²) >= 11 is 0. The molecule has 1 spiro atoms. The lowest BCUT2D eigenvalue weighted by Crippen LogP contribution is -2.55. The fourth-order valence-electron chi connectivity index (χ4n) is 3.81. The second-order valence-electron chi connectivity index (χ2n) is 6.47. The van der Waals surface area contributed by atoms with Gasteiger partial charge >= 0.3 is 0 Å². The predicted molar refractivity (Wildman–Crippen MR) is 76.7 cm³/mol. The summed E-state index contributed by atoms with van der Waals surface area (Å²) in [5.74, 6) is 0.493. The van der Waals surface area contributed by atoms with Gasteiger partial charge in [0.15, 0.2) is 0 Å². The van der Waals surface area contributed by atoms with Gasteiger partial charge in [0.1, 0.15) is 0 Å². The minimum absolute atomic E-state index is 0.0559. The average molecular weight is 284 g/mol. The first-order chi connectivity index (χ1) is 9.72. The van der Waals surface area contributed by atoms with Crippen molar-refractivity contribution in [1.29, 1.82) is 0 Å². The summed E-state index contributed by atoms with van der Waals surface area (Å²) in [5.41, 5.74) is 6.49. The fourth-order valence-corrected chi connectivity index (χ4v) is 3.81. The third-order valence-corrected chi connectivity index (χ3v) is 5.20. The second kappa shape index (κ2) is 6.28. The molecule has 3 aliphatic heterocycles. The summed E-state index contributed by atoms with van der Waals surface area (Å²) in [6, 6.07) is 0.116. The normalized spacial score (nSPS) is 41.1. The van der Waals surface area contributed by atoms with Gasteiger partial charge in [0.25, 0.3) is 0 Å². The smallest absolute Gasteiger partial charge is 0.0939 e. The number of ether oxygens (including phenoxy) is 3. The molecule has 0 aromatic heterocycles. The number of likely N-dealkylation sites (N-methyl/N-ethyl adjacent to an activating group) is 1. The van der Waals surface area contributed by atoms with Crippen molar-refractivity contribution in [2.24, 2.45) is 11.7 Å². The summed E-state index contributed by atoms with van der Waals surface area (Å²) < 4.78 is 17.5. The quantitative estimate of drug-likeness (QED) is 0.823. The standard InChI is InChI=1S/C15H28N2O3/c1-2-17-5-8-19-13(10-17)14(16)12-3-6-20-15(9-12)4-7-18-11-15/h12-14H,2-11,16H2,1H3. The fraction of sp³-hybridized carbons (Fsp3) is 1.00. The van der Waals surface area contributed by atoms with Gasteiger partial charge < -0.3 is 19.9 Å². The molecule has 20 heavy (non-hydrogen) atoms. The molecule has 0 aromatic rings. The monoisotopic (exact) mass is 284 g/mol. The summed E-state index contributed by atoms with van der Waals surface area (Å²) in [5, 5.41) is 0. The molecule has 5 nitrogen and oxygen atoms in total. The Kier molecular flexibility index (Phi) is 4.62. The van der Waals surface area contributed by atoms with Crippen LogP contribution in [0.3, 0.4) is 0 Å². The molecule has 2 N–H and O–H groups in total. The molecule has 3 rings (SSSR count). The van der Waals surface area contributed by atoms with E-state index < -0.39 is 0 Å². The van der Waals surface area contributed by atoms with Gasteiger partial charge in [-0.3, -0.25) is 4.90 Å². The van der Waals surface area contributed by atoms with Crippen LogP contribution in [0.1, 0.15) is 26.2 Å². The number of morpholine rings is 1. The minimum Gasteiger partial charge on any atom is -0.378 e. The SMILES string of the molecule is CCN1CCOC(C(N)C2CCOC3(CCOC3)C2)C1. The lowest BCUT2D eigenvalue weighted by Gasteiger charge is -2.43. The van der Waals surface area contributed by atoms with E-state index in [4.69, 9.17) is 19.9 Å². The Hall–Kier alpha value is -0.200. The van der Waals surface area contributed by atoms with Crippen LogP contribution in [-0.4, -0.2) is 68.7 Å². The Bertz CT molecular complexity index is 320. The van der Waals surface area contributed by atoms with Crippen LogP contribution >= 0.6 is 0 Å². The third-order valence-electron chi connectivity index (χ3n) is 5.20. The number of nitrogens with zero attached hydrogens (tertiary/aromatic N) is 1. The van der Waals surface area contributed by atoms with E-state index in [1.54, 1.807) is 0 Å². The zero-order valence-corrected chi connectivity index (χ0v) is 12.6. The zero-order chi connectivity index (χ0) is 14.0. The largest absolute Gasteiger partial charge is 0.378 e. The third kappa shape index (κ3) is 3.02. The molecule has 0 saturated carbocycles. The highest BCUT2D eigenvalue weighted by molar-refractivity contribution is 4.95. The van der Waals surface area contributed by atoms with Gasteiger partial charge in [-0.1, -0.05) is 6.92 Å². The molecule has 3 fully saturated rings. The first kappa shape index (κ1) is 14.7. The molecule has 0 bridgehead atoms. The van der Waals surface area contributed by atoms with Crippen LogP contribution in [0.15, 0.2) is 0 Å². The Balaban J connectivity index is 1.59. The minimum atomic E-state index is -0.0559. The highest BCUT2D eigenvalue weighted by atomic mass is 16.6. The molecular formula is C15H28N2O3. The Morgan fingerprint density at radius 3 is 3.00 bits per heavy atom. The van der Waals surface area contributed by atoms with Crippen molar-refractivity contribution < 1.29 is 14.2 Å². The van der Waals surface area contributed by atoms with Crippen molar-refractivity contribution in [3.8, 4) is 0 Å². The van der Waals surface area contributed by atoms with Crippen LogP contribution in [0.2, 0.25) is 0 Å². The highest BCUT2D eigenvalue weighted by Crippen LogP contribution is 2.37. The Morgan fingerprint density at radius 2 is 2.25 bits per heavy atom.